The molecule has 0 fully saturated rings. The van der Waals surface area contributed by atoms with Crippen LogP contribution in [0.15, 0.2) is 18.2 Å². The number of benzene rings is 1. The van der Waals surface area contributed by atoms with E-state index in [1.165, 1.54) is 25.1 Å². The smallest absolute Gasteiger partial charge is 0.335 e. The summed E-state index contributed by atoms with van der Waals surface area (Å²) in [6.45, 7) is 4.81. The lowest BCUT2D eigenvalue weighted by Gasteiger charge is -2.17. The van der Waals surface area contributed by atoms with Gasteiger partial charge in [0.05, 0.1) is 17.4 Å². The van der Waals surface area contributed by atoms with Gasteiger partial charge in [0.15, 0.2) is 9.84 Å². The first-order valence-corrected chi connectivity index (χ1v) is 8.51. The number of aromatic carboxylic acids is 1. The van der Waals surface area contributed by atoms with Gasteiger partial charge in [0.25, 0.3) is 0 Å². The molecule has 0 saturated heterocycles. The van der Waals surface area contributed by atoms with Crippen molar-refractivity contribution in [3.63, 3.8) is 0 Å². The van der Waals surface area contributed by atoms with Gasteiger partial charge in [-0.1, -0.05) is 0 Å². The number of hydrogen-bond acceptors (Lipinski definition) is 5. The summed E-state index contributed by atoms with van der Waals surface area (Å²) in [5, 5.41) is 10.2. The van der Waals surface area contributed by atoms with Crippen molar-refractivity contribution in [2.75, 3.05) is 11.6 Å². The largest absolute Gasteiger partial charge is 0.489 e. The van der Waals surface area contributed by atoms with Gasteiger partial charge in [-0.3, -0.25) is 4.79 Å². The molecule has 0 aromatic heterocycles. The summed E-state index contributed by atoms with van der Waals surface area (Å²) in [6, 6.07) is 3.99. The fourth-order valence-electron chi connectivity index (χ4n) is 1.55. The van der Waals surface area contributed by atoms with Crippen LogP contribution >= 0.6 is 0 Å². The van der Waals surface area contributed by atoms with Crippen LogP contribution in [0.3, 0.4) is 0 Å². The van der Waals surface area contributed by atoms with Crippen molar-refractivity contribution >= 4 is 27.4 Å². The molecule has 2 N–H and O–H groups in total. The van der Waals surface area contributed by atoms with Gasteiger partial charge < -0.3 is 15.2 Å². The highest BCUT2D eigenvalue weighted by Crippen LogP contribution is 2.27. The topological polar surface area (TPSA) is 110 Å². The minimum atomic E-state index is -3.55. The van der Waals surface area contributed by atoms with Crippen LogP contribution in [0.25, 0.3) is 0 Å². The first-order chi connectivity index (χ1) is 10.0. The number of anilines is 1. The number of amides is 1. The van der Waals surface area contributed by atoms with Crippen LogP contribution in [-0.4, -0.2) is 43.0 Å². The summed E-state index contributed by atoms with van der Waals surface area (Å²) >= 11 is 0. The molecule has 1 aromatic carbocycles. The quantitative estimate of drug-likeness (QED) is 0.819. The van der Waals surface area contributed by atoms with Gasteiger partial charge in [-0.2, -0.15) is 0 Å². The van der Waals surface area contributed by atoms with Crippen molar-refractivity contribution in [1.82, 2.24) is 0 Å². The van der Waals surface area contributed by atoms with Crippen LogP contribution in [0.2, 0.25) is 0 Å². The fourth-order valence-corrected chi connectivity index (χ4v) is 1.99. The average Bonchev–Trinajstić information content (AvgIpc) is 2.37. The molecular weight excluding hydrogens is 310 g/mol. The van der Waals surface area contributed by atoms with Crippen LogP contribution in [-0.2, 0) is 14.6 Å². The molecule has 1 unspecified atom stereocenters. The lowest BCUT2D eigenvalue weighted by Crippen LogP contribution is -2.32. The molecule has 22 heavy (non-hydrogen) atoms. The second-order valence-corrected chi connectivity index (χ2v) is 7.51. The Labute approximate surface area is 129 Å². The zero-order valence-corrected chi connectivity index (χ0v) is 13.6. The Morgan fingerprint density at radius 2 is 1.82 bits per heavy atom. The van der Waals surface area contributed by atoms with Crippen molar-refractivity contribution < 1.29 is 27.9 Å². The predicted octanol–water partition coefficient (Wildman–Crippen LogP) is 1.54. The summed E-state index contributed by atoms with van der Waals surface area (Å²) in [5.41, 5.74) is 0.0764. The zero-order valence-electron chi connectivity index (χ0n) is 12.8. The first-order valence-electron chi connectivity index (χ1n) is 6.56. The summed E-state index contributed by atoms with van der Waals surface area (Å²) in [6.07, 6.45) is 0.759. The maximum absolute atomic E-state index is 12.0. The molecule has 0 aliphatic rings. The summed E-state index contributed by atoms with van der Waals surface area (Å²) < 4.78 is 28.3. The summed E-state index contributed by atoms with van der Waals surface area (Å²) in [5.74, 6) is -1.64. The lowest BCUT2D eigenvalue weighted by molar-refractivity contribution is -0.115. The molecule has 0 saturated carbocycles. The Kier molecular flexibility index (Phi) is 5.54. The Bertz CT molecular complexity index is 681. The molecule has 0 heterocycles. The van der Waals surface area contributed by atoms with Gasteiger partial charge in [-0.15, -0.1) is 0 Å². The minimum Gasteiger partial charge on any atom is -0.489 e. The molecule has 1 amide bonds. The number of sulfone groups is 1. The third-order valence-electron chi connectivity index (χ3n) is 2.86. The number of nitrogens with one attached hydrogen (secondary N) is 1. The van der Waals surface area contributed by atoms with E-state index in [9.17, 15) is 18.0 Å². The van der Waals surface area contributed by atoms with Crippen LogP contribution in [0.5, 0.6) is 5.75 Å². The molecule has 0 aliphatic carbocycles. The zero-order chi connectivity index (χ0) is 17.1. The van der Waals surface area contributed by atoms with Crippen LogP contribution in [0.4, 0.5) is 5.69 Å². The normalized spacial score (nSPS) is 12.8. The fraction of sp³-hybridized carbons (Fsp3) is 0.429. The second kappa shape index (κ2) is 6.78. The van der Waals surface area contributed by atoms with E-state index >= 15 is 0 Å². The molecule has 1 aromatic rings. The van der Waals surface area contributed by atoms with E-state index < -0.39 is 27.0 Å². The number of carbonyl (C=O) groups excluding carboxylic acids is 1. The van der Waals surface area contributed by atoms with Crippen LogP contribution < -0.4 is 10.1 Å². The molecule has 1 rings (SSSR count). The van der Waals surface area contributed by atoms with E-state index in [0.29, 0.717) is 0 Å². The third kappa shape index (κ3) is 4.73. The highest BCUT2D eigenvalue weighted by Gasteiger charge is 2.25. The van der Waals surface area contributed by atoms with Gasteiger partial charge in [-0.05, 0) is 39.0 Å². The van der Waals surface area contributed by atoms with Gasteiger partial charge >= 0.3 is 5.97 Å². The van der Waals surface area contributed by atoms with E-state index in [4.69, 9.17) is 9.84 Å². The summed E-state index contributed by atoms with van der Waals surface area (Å²) in [4.78, 5) is 23.0. The standard InChI is InChI=1S/C14H19NO6S/c1-8(2)21-12-6-5-10(14(17)18)7-11(12)15-13(16)9(3)22(4,19)20/h5-9H,1-4H3,(H,15,16)(H,17,18). The third-order valence-corrected chi connectivity index (χ3v) is 4.36. The number of ether oxygens (including phenoxy) is 1. The van der Waals surface area contributed by atoms with Gasteiger partial charge in [-0.25, -0.2) is 13.2 Å². The van der Waals surface area contributed by atoms with Gasteiger partial charge in [0, 0.05) is 6.26 Å². The van der Waals surface area contributed by atoms with E-state index in [0.717, 1.165) is 6.26 Å². The van der Waals surface area contributed by atoms with Crippen LogP contribution in [0.1, 0.15) is 31.1 Å². The van der Waals surface area contributed by atoms with E-state index in [1.807, 2.05) is 0 Å². The second-order valence-electron chi connectivity index (χ2n) is 5.14. The van der Waals surface area contributed by atoms with Gasteiger partial charge in [0.1, 0.15) is 11.0 Å². The molecule has 0 spiro atoms. The highest BCUT2D eigenvalue weighted by molar-refractivity contribution is 7.92. The summed E-state index contributed by atoms with van der Waals surface area (Å²) in [7, 11) is -3.55. The molecule has 0 bridgehead atoms. The monoisotopic (exact) mass is 329 g/mol. The molecule has 7 nitrogen and oxygen atoms in total. The van der Waals surface area contributed by atoms with Crippen molar-refractivity contribution in [3.8, 4) is 5.75 Å². The van der Waals surface area contributed by atoms with Crippen LogP contribution in [0, 0.1) is 0 Å². The van der Waals surface area contributed by atoms with E-state index in [-0.39, 0.29) is 23.1 Å². The molecule has 8 heteroatoms. The maximum atomic E-state index is 12.0. The lowest BCUT2D eigenvalue weighted by atomic mass is 10.2. The highest BCUT2D eigenvalue weighted by atomic mass is 32.2. The Hall–Kier alpha value is -2.09. The molecule has 0 radical (unpaired) electrons. The Balaban J connectivity index is 3.16. The number of carboxylic acids is 1. The molecule has 122 valence electrons. The van der Waals surface area contributed by atoms with Crippen molar-refractivity contribution in [1.29, 1.82) is 0 Å². The Morgan fingerprint density at radius 3 is 2.27 bits per heavy atom. The molecule has 0 aliphatic heterocycles. The van der Waals surface area contributed by atoms with E-state index in [1.54, 1.807) is 13.8 Å². The first kappa shape index (κ1) is 18.0. The number of carboxylic acid groups (broad SMARTS) is 1. The van der Waals surface area contributed by atoms with Crippen molar-refractivity contribution in [3.05, 3.63) is 23.8 Å². The molecule has 1 atom stereocenters. The Morgan fingerprint density at radius 1 is 1.23 bits per heavy atom. The van der Waals surface area contributed by atoms with Crippen molar-refractivity contribution in [2.45, 2.75) is 32.1 Å². The number of rotatable bonds is 6. The average molecular weight is 329 g/mol. The number of carbonyl (C=O) groups is 2. The van der Waals surface area contributed by atoms with Gasteiger partial charge in [0.2, 0.25) is 5.91 Å². The SMILES string of the molecule is CC(C)Oc1ccc(C(=O)O)cc1NC(=O)C(C)S(C)(=O)=O. The van der Waals surface area contributed by atoms with E-state index in [2.05, 4.69) is 5.32 Å². The maximum Gasteiger partial charge on any atom is 0.335 e. The predicted molar refractivity (Wildman–Crippen MR) is 82.1 cm³/mol. The molecular formula is C14H19NO6S. The number of hydrogen-bond donors (Lipinski definition) is 2. The van der Waals surface area contributed by atoms with Crippen molar-refractivity contribution in [2.24, 2.45) is 0 Å². The minimum absolute atomic E-state index is 0.0431.